The van der Waals surface area contributed by atoms with Gasteiger partial charge in [0.1, 0.15) is 24.4 Å². The summed E-state index contributed by atoms with van der Waals surface area (Å²) in [7, 11) is 0. The summed E-state index contributed by atoms with van der Waals surface area (Å²) in [5.41, 5.74) is 0.925. The molecular weight excluding hydrogens is 380 g/mol. The van der Waals surface area contributed by atoms with E-state index in [1.54, 1.807) is 6.08 Å². The second-order valence-electron chi connectivity index (χ2n) is 8.90. The number of allylic oxidation sites excluding steroid dienone is 1. The fourth-order valence-corrected chi connectivity index (χ4v) is 5.08. The molecule has 164 valence electrons. The fourth-order valence-electron chi connectivity index (χ4n) is 5.08. The van der Waals surface area contributed by atoms with Crippen LogP contribution in [0.3, 0.4) is 0 Å². The van der Waals surface area contributed by atoms with E-state index < -0.39 is 54.8 Å². The lowest BCUT2D eigenvalue weighted by molar-refractivity contribution is -0.322. The molecule has 3 aliphatic rings. The Morgan fingerprint density at radius 2 is 2.00 bits per heavy atom. The van der Waals surface area contributed by atoms with Crippen LogP contribution in [0, 0.1) is 17.3 Å². The van der Waals surface area contributed by atoms with Crippen LogP contribution in [0.25, 0.3) is 0 Å². The first-order valence-corrected chi connectivity index (χ1v) is 10.1. The summed E-state index contributed by atoms with van der Waals surface area (Å²) in [5.74, 6) is -0.934. The van der Waals surface area contributed by atoms with Crippen molar-refractivity contribution in [2.75, 3.05) is 6.61 Å². The third kappa shape index (κ3) is 4.02. The molecule has 2 fully saturated rings. The van der Waals surface area contributed by atoms with Crippen molar-refractivity contribution in [3.05, 3.63) is 23.8 Å². The van der Waals surface area contributed by atoms with Gasteiger partial charge in [0.15, 0.2) is 6.29 Å². The van der Waals surface area contributed by atoms with Crippen LogP contribution in [0.1, 0.15) is 39.5 Å². The third-order valence-electron chi connectivity index (χ3n) is 7.10. The third-order valence-corrected chi connectivity index (χ3v) is 7.10. The lowest BCUT2D eigenvalue weighted by Gasteiger charge is -2.52. The van der Waals surface area contributed by atoms with Crippen LogP contribution in [-0.2, 0) is 14.3 Å². The highest BCUT2D eigenvalue weighted by atomic mass is 16.7. The summed E-state index contributed by atoms with van der Waals surface area (Å²) < 4.78 is 11.6. The molecule has 1 heterocycles. The Morgan fingerprint density at radius 1 is 1.31 bits per heavy atom. The second-order valence-corrected chi connectivity index (χ2v) is 8.90. The molecule has 0 radical (unpaired) electrons. The molecule has 5 N–H and O–H groups in total. The van der Waals surface area contributed by atoms with E-state index in [1.165, 1.54) is 0 Å². The van der Waals surface area contributed by atoms with Gasteiger partial charge in [-0.1, -0.05) is 25.2 Å². The minimum absolute atomic E-state index is 0.237. The van der Waals surface area contributed by atoms with Gasteiger partial charge in [-0.25, -0.2) is 4.79 Å². The Balaban J connectivity index is 1.85. The molecule has 29 heavy (non-hydrogen) atoms. The van der Waals surface area contributed by atoms with Crippen LogP contribution in [-0.4, -0.2) is 74.9 Å². The molecule has 8 heteroatoms. The van der Waals surface area contributed by atoms with Gasteiger partial charge in [-0.2, -0.15) is 0 Å². The van der Waals surface area contributed by atoms with Gasteiger partial charge in [0.05, 0.1) is 12.7 Å². The van der Waals surface area contributed by atoms with E-state index in [4.69, 9.17) is 9.47 Å². The van der Waals surface area contributed by atoms with Gasteiger partial charge in [0.25, 0.3) is 0 Å². The second kappa shape index (κ2) is 8.45. The molecule has 1 aliphatic heterocycles. The highest BCUT2D eigenvalue weighted by Gasteiger charge is 2.53. The first-order valence-electron chi connectivity index (χ1n) is 10.1. The van der Waals surface area contributed by atoms with Crippen molar-refractivity contribution < 1.29 is 39.8 Å². The van der Waals surface area contributed by atoms with Crippen LogP contribution in [0.15, 0.2) is 23.8 Å². The minimum Gasteiger partial charge on any atom is -0.478 e. The van der Waals surface area contributed by atoms with E-state index in [9.17, 15) is 30.3 Å². The Morgan fingerprint density at radius 3 is 2.59 bits per heavy atom. The predicted molar refractivity (Wildman–Crippen MR) is 103 cm³/mol. The number of carbonyl (C=O) groups is 1. The molecule has 0 aromatic rings. The van der Waals surface area contributed by atoms with Gasteiger partial charge in [-0.15, -0.1) is 0 Å². The minimum atomic E-state index is -1.51. The molecule has 2 aliphatic carbocycles. The largest absolute Gasteiger partial charge is 0.478 e. The van der Waals surface area contributed by atoms with Gasteiger partial charge in [0, 0.05) is 11.0 Å². The monoisotopic (exact) mass is 412 g/mol. The zero-order chi connectivity index (χ0) is 21.5. The number of aliphatic hydroxyl groups is 4. The van der Waals surface area contributed by atoms with Crippen LogP contribution in [0.5, 0.6) is 0 Å². The van der Waals surface area contributed by atoms with Crippen molar-refractivity contribution in [1.82, 2.24) is 0 Å². The molecule has 3 rings (SSSR count). The number of carboxylic acid groups (broad SMARTS) is 1. The molecule has 9 atom stereocenters. The van der Waals surface area contributed by atoms with Crippen molar-refractivity contribution in [3.8, 4) is 0 Å². The highest BCUT2D eigenvalue weighted by Crippen LogP contribution is 2.54. The van der Waals surface area contributed by atoms with Crippen LogP contribution < -0.4 is 0 Å². The zero-order valence-corrected chi connectivity index (χ0v) is 16.9. The van der Waals surface area contributed by atoms with E-state index in [0.717, 1.165) is 18.4 Å². The van der Waals surface area contributed by atoms with Crippen LogP contribution in [0.2, 0.25) is 0 Å². The summed E-state index contributed by atoms with van der Waals surface area (Å²) >= 11 is 0. The molecule has 1 saturated carbocycles. The van der Waals surface area contributed by atoms with E-state index >= 15 is 0 Å². The first kappa shape index (κ1) is 22.4. The van der Waals surface area contributed by atoms with Gasteiger partial charge < -0.3 is 35.0 Å². The number of aliphatic hydroxyl groups excluding tert-OH is 4. The molecule has 0 unspecified atom stereocenters. The van der Waals surface area contributed by atoms with E-state index in [0.29, 0.717) is 18.4 Å². The lowest BCUT2D eigenvalue weighted by atomic mass is 9.56. The molecule has 0 bridgehead atoms. The smallest absolute Gasteiger partial charge is 0.331 e. The van der Waals surface area contributed by atoms with Crippen molar-refractivity contribution in [2.24, 2.45) is 17.3 Å². The molecule has 0 aromatic carbocycles. The van der Waals surface area contributed by atoms with E-state index in [2.05, 4.69) is 6.58 Å². The normalized spacial score (nSPS) is 45.2. The highest BCUT2D eigenvalue weighted by molar-refractivity contribution is 5.87. The lowest BCUT2D eigenvalue weighted by Crippen LogP contribution is -2.61. The molecule has 1 saturated heterocycles. The Kier molecular flexibility index (Phi) is 6.53. The average Bonchev–Trinajstić information content (AvgIpc) is 2.67. The van der Waals surface area contributed by atoms with Gasteiger partial charge in [-0.05, 0) is 44.4 Å². The topological polar surface area (TPSA) is 137 Å². The van der Waals surface area contributed by atoms with Crippen LogP contribution in [0.4, 0.5) is 0 Å². The van der Waals surface area contributed by atoms with Crippen molar-refractivity contribution in [2.45, 2.75) is 76.3 Å². The standard InChI is InChI=1S/C21H32O8/c1-10(2)11-6-7-21(3)13(8-11)12(19(26)27)4-5-15(21)29-20-18(25)17(24)16(23)14(9-22)28-20/h4,11,13-18,20,22-25H,1,5-9H2,2-3H3,(H,26,27)/t11-,13+,14-,15-,16-,17-,18-,20+,21-/m1/s1. The quantitative estimate of drug-likeness (QED) is 0.414. The molecule has 0 spiro atoms. The molecular formula is C21H32O8. The van der Waals surface area contributed by atoms with Crippen molar-refractivity contribution >= 4 is 5.97 Å². The summed E-state index contributed by atoms with van der Waals surface area (Å²) in [5, 5.41) is 49.4. The number of hydrogen-bond acceptors (Lipinski definition) is 7. The maximum Gasteiger partial charge on any atom is 0.331 e. The van der Waals surface area contributed by atoms with Crippen LogP contribution >= 0.6 is 0 Å². The number of fused-ring (bicyclic) bond motifs is 1. The van der Waals surface area contributed by atoms with Gasteiger partial charge in [-0.3, -0.25) is 0 Å². The number of ether oxygens (including phenoxy) is 2. The van der Waals surface area contributed by atoms with E-state index in [1.807, 2.05) is 13.8 Å². The Hall–Kier alpha value is -1.29. The summed E-state index contributed by atoms with van der Waals surface area (Å²) in [6.45, 7) is 7.47. The van der Waals surface area contributed by atoms with Gasteiger partial charge >= 0.3 is 5.97 Å². The summed E-state index contributed by atoms with van der Waals surface area (Å²) in [4.78, 5) is 11.9. The van der Waals surface area contributed by atoms with Crippen molar-refractivity contribution in [1.29, 1.82) is 0 Å². The zero-order valence-electron chi connectivity index (χ0n) is 16.9. The number of rotatable bonds is 5. The maximum atomic E-state index is 11.9. The fraction of sp³-hybridized carbons (Fsp3) is 0.762. The Labute approximate surface area is 170 Å². The first-order chi connectivity index (χ1) is 13.6. The van der Waals surface area contributed by atoms with E-state index in [-0.39, 0.29) is 11.8 Å². The number of hydrogen-bond donors (Lipinski definition) is 5. The summed E-state index contributed by atoms with van der Waals surface area (Å²) in [6, 6.07) is 0. The predicted octanol–water partition coefficient (Wildman–Crippen LogP) is 0.585. The average molecular weight is 412 g/mol. The summed E-state index contributed by atoms with van der Waals surface area (Å²) in [6.07, 6.45) is -2.90. The SMILES string of the molecule is C=C(C)[C@@H]1CC[C@@]2(C)[C@H](O[C@@H]3O[C@H](CO)[C@@H](O)[C@@H](O)[C@H]3O)CC=C(C(=O)O)[C@@H]2C1. The molecule has 8 nitrogen and oxygen atoms in total. The van der Waals surface area contributed by atoms with Gasteiger partial charge in [0.2, 0.25) is 0 Å². The van der Waals surface area contributed by atoms with Crippen molar-refractivity contribution in [3.63, 3.8) is 0 Å². The Bertz CT molecular complexity index is 674. The molecule has 0 amide bonds. The molecule has 0 aromatic heterocycles. The number of carboxylic acids is 1. The maximum absolute atomic E-state index is 11.9. The number of aliphatic carboxylic acids is 1.